The van der Waals surface area contributed by atoms with Gasteiger partial charge in [0.1, 0.15) is 11.4 Å². The largest absolute Gasteiger partial charge is 0.495 e. The molecular formula is C7H7F2NO. The van der Waals surface area contributed by atoms with Crippen LogP contribution in [0, 0.1) is 0 Å². The highest BCUT2D eigenvalue weighted by Crippen LogP contribution is 2.17. The maximum atomic E-state index is 11.9. The Morgan fingerprint density at radius 1 is 1.45 bits per heavy atom. The van der Waals surface area contributed by atoms with Crippen molar-refractivity contribution in [2.45, 2.75) is 6.43 Å². The maximum absolute atomic E-state index is 11.9. The number of halogens is 2. The van der Waals surface area contributed by atoms with Gasteiger partial charge >= 0.3 is 0 Å². The molecule has 0 saturated carbocycles. The molecule has 11 heavy (non-hydrogen) atoms. The normalized spacial score (nSPS) is 10.2. The van der Waals surface area contributed by atoms with Gasteiger partial charge in [0.2, 0.25) is 0 Å². The molecule has 0 aliphatic heterocycles. The molecule has 0 N–H and O–H groups in total. The van der Waals surface area contributed by atoms with Crippen LogP contribution in [-0.2, 0) is 0 Å². The van der Waals surface area contributed by atoms with Gasteiger partial charge in [0, 0.05) is 0 Å². The van der Waals surface area contributed by atoms with E-state index in [9.17, 15) is 8.78 Å². The number of rotatable bonds is 2. The van der Waals surface area contributed by atoms with Crippen LogP contribution in [0.2, 0.25) is 0 Å². The van der Waals surface area contributed by atoms with Crippen molar-refractivity contribution in [3.8, 4) is 5.75 Å². The van der Waals surface area contributed by atoms with Crippen LogP contribution in [0.3, 0.4) is 0 Å². The van der Waals surface area contributed by atoms with E-state index >= 15 is 0 Å². The van der Waals surface area contributed by atoms with E-state index < -0.39 is 6.43 Å². The zero-order valence-electron chi connectivity index (χ0n) is 5.92. The van der Waals surface area contributed by atoms with Crippen molar-refractivity contribution >= 4 is 0 Å². The number of aromatic nitrogens is 1. The number of nitrogens with zero attached hydrogens (tertiary/aromatic N) is 1. The Morgan fingerprint density at radius 2 is 2.18 bits per heavy atom. The first kappa shape index (κ1) is 7.91. The Morgan fingerprint density at radius 3 is 2.55 bits per heavy atom. The lowest BCUT2D eigenvalue weighted by Crippen LogP contribution is -1.90. The molecule has 1 rings (SSSR count). The number of pyridine rings is 1. The Labute approximate surface area is 62.8 Å². The summed E-state index contributed by atoms with van der Waals surface area (Å²) in [5, 5.41) is 0. The average molecular weight is 159 g/mol. The van der Waals surface area contributed by atoms with Gasteiger partial charge in [-0.2, -0.15) is 0 Å². The van der Waals surface area contributed by atoms with Gasteiger partial charge in [0.15, 0.2) is 0 Å². The van der Waals surface area contributed by atoms with Crippen molar-refractivity contribution in [2.75, 3.05) is 7.11 Å². The van der Waals surface area contributed by atoms with E-state index in [1.54, 1.807) is 0 Å². The smallest absolute Gasteiger partial charge is 0.280 e. The monoisotopic (exact) mass is 159 g/mol. The summed E-state index contributed by atoms with van der Waals surface area (Å²) < 4.78 is 28.5. The lowest BCUT2D eigenvalue weighted by Gasteiger charge is -1.99. The molecular weight excluding hydrogens is 152 g/mol. The van der Waals surface area contributed by atoms with E-state index in [2.05, 4.69) is 4.98 Å². The zero-order valence-corrected chi connectivity index (χ0v) is 5.92. The van der Waals surface area contributed by atoms with Crippen molar-refractivity contribution in [3.05, 3.63) is 24.0 Å². The van der Waals surface area contributed by atoms with Gasteiger partial charge in [-0.3, -0.25) is 4.98 Å². The third-order valence-electron chi connectivity index (χ3n) is 1.22. The van der Waals surface area contributed by atoms with Crippen LogP contribution in [0.1, 0.15) is 12.1 Å². The van der Waals surface area contributed by atoms with E-state index in [1.165, 1.54) is 25.4 Å². The van der Waals surface area contributed by atoms with E-state index in [1.807, 2.05) is 0 Å². The van der Waals surface area contributed by atoms with Gasteiger partial charge in [-0.15, -0.1) is 0 Å². The van der Waals surface area contributed by atoms with Crippen molar-refractivity contribution in [3.63, 3.8) is 0 Å². The summed E-state index contributed by atoms with van der Waals surface area (Å²) in [7, 11) is 1.46. The summed E-state index contributed by atoms with van der Waals surface area (Å²) in [6, 6.07) is 2.69. The maximum Gasteiger partial charge on any atom is 0.280 e. The quantitative estimate of drug-likeness (QED) is 0.658. The molecule has 0 unspecified atom stereocenters. The molecule has 2 nitrogen and oxygen atoms in total. The lowest BCUT2D eigenvalue weighted by atomic mass is 10.3. The fourth-order valence-electron chi connectivity index (χ4n) is 0.642. The Balaban J connectivity index is 2.83. The fraction of sp³-hybridized carbons (Fsp3) is 0.286. The first-order valence-electron chi connectivity index (χ1n) is 3.02. The predicted octanol–water partition coefficient (Wildman–Crippen LogP) is 2.03. The number of ether oxygens (including phenoxy) is 1. The molecule has 60 valence electrons. The van der Waals surface area contributed by atoms with Crippen LogP contribution >= 0.6 is 0 Å². The van der Waals surface area contributed by atoms with Gasteiger partial charge in [0.05, 0.1) is 13.3 Å². The van der Waals surface area contributed by atoms with Crippen molar-refractivity contribution in [1.29, 1.82) is 0 Å². The first-order valence-corrected chi connectivity index (χ1v) is 3.02. The van der Waals surface area contributed by atoms with Crippen molar-refractivity contribution < 1.29 is 13.5 Å². The lowest BCUT2D eigenvalue weighted by molar-refractivity contribution is 0.146. The summed E-state index contributed by atoms with van der Waals surface area (Å²) in [5.74, 6) is 0.481. The molecule has 0 fully saturated rings. The summed E-state index contributed by atoms with van der Waals surface area (Å²) in [6.07, 6.45) is -1.25. The third-order valence-corrected chi connectivity index (χ3v) is 1.22. The number of methoxy groups -OCH3 is 1. The SMILES string of the molecule is COc1ccc(C(F)F)nc1. The zero-order chi connectivity index (χ0) is 8.27. The second-order valence-electron chi connectivity index (χ2n) is 1.92. The molecule has 1 heterocycles. The minimum atomic E-state index is -2.51. The predicted molar refractivity (Wildman–Crippen MR) is 35.7 cm³/mol. The summed E-state index contributed by atoms with van der Waals surface area (Å²) >= 11 is 0. The summed E-state index contributed by atoms with van der Waals surface area (Å²) in [6.45, 7) is 0. The molecule has 0 aromatic carbocycles. The van der Waals surface area contributed by atoms with Crippen LogP contribution in [0.25, 0.3) is 0 Å². The van der Waals surface area contributed by atoms with Gasteiger partial charge in [-0.1, -0.05) is 0 Å². The topological polar surface area (TPSA) is 22.1 Å². The van der Waals surface area contributed by atoms with Gasteiger partial charge < -0.3 is 4.74 Å². The highest BCUT2D eigenvalue weighted by atomic mass is 19.3. The molecule has 0 saturated heterocycles. The average Bonchev–Trinajstić information content (AvgIpc) is 2.05. The molecule has 0 amide bonds. The minimum absolute atomic E-state index is 0.231. The summed E-state index contributed by atoms with van der Waals surface area (Å²) in [4.78, 5) is 3.47. The molecule has 0 atom stereocenters. The second-order valence-corrected chi connectivity index (χ2v) is 1.92. The minimum Gasteiger partial charge on any atom is -0.495 e. The summed E-state index contributed by atoms with van der Waals surface area (Å²) in [5.41, 5.74) is -0.231. The Hall–Kier alpha value is -1.19. The van der Waals surface area contributed by atoms with Crippen molar-refractivity contribution in [2.24, 2.45) is 0 Å². The standard InChI is InChI=1S/C7H7F2NO/c1-11-5-2-3-6(7(8)9)10-4-5/h2-4,7H,1H3. The van der Waals surface area contributed by atoms with E-state index in [0.29, 0.717) is 5.75 Å². The Bertz CT molecular complexity index is 222. The Kier molecular flexibility index (Phi) is 2.36. The molecule has 0 bridgehead atoms. The molecule has 0 aliphatic rings. The molecule has 4 heteroatoms. The molecule has 0 radical (unpaired) electrons. The molecule has 1 aromatic heterocycles. The highest BCUT2D eigenvalue weighted by molar-refractivity contribution is 5.19. The number of alkyl halides is 2. The van der Waals surface area contributed by atoms with Crippen LogP contribution in [0.4, 0.5) is 8.78 Å². The van der Waals surface area contributed by atoms with Crippen molar-refractivity contribution in [1.82, 2.24) is 4.98 Å². The molecule has 1 aromatic rings. The van der Waals surface area contributed by atoms with Crippen LogP contribution in [-0.4, -0.2) is 12.1 Å². The molecule has 0 aliphatic carbocycles. The van der Waals surface area contributed by atoms with Crippen LogP contribution < -0.4 is 4.74 Å². The van der Waals surface area contributed by atoms with E-state index in [-0.39, 0.29) is 5.69 Å². The van der Waals surface area contributed by atoms with Crippen LogP contribution in [0.5, 0.6) is 5.75 Å². The first-order chi connectivity index (χ1) is 5.24. The van der Waals surface area contributed by atoms with Gasteiger partial charge in [-0.05, 0) is 12.1 Å². The second kappa shape index (κ2) is 3.27. The van der Waals surface area contributed by atoms with E-state index in [0.717, 1.165) is 0 Å². The van der Waals surface area contributed by atoms with Crippen LogP contribution in [0.15, 0.2) is 18.3 Å². The van der Waals surface area contributed by atoms with Gasteiger partial charge in [0.25, 0.3) is 6.43 Å². The molecule has 0 spiro atoms. The van der Waals surface area contributed by atoms with Gasteiger partial charge in [-0.25, -0.2) is 8.78 Å². The van der Waals surface area contributed by atoms with E-state index in [4.69, 9.17) is 4.74 Å². The fourth-order valence-corrected chi connectivity index (χ4v) is 0.642. The number of hydrogen-bond acceptors (Lipinski definition) is 2. The third kappa shape index (κ3) is 1.86. The highest BCUT2D eigenvalue weighted by Gasteiger charge is 2.07. The number of hydrogen-bond donors (Lipinski definition) is 0.